The molecule has 0 fully saturated rings. The van der Waals surface area contributed by atoms with Crippen molar-refractivity contribution in [2.75, 3.05) is 0 Å². The summed E-state index contributed by atoms with van der Waals surface area (Å²) in [5.41, 5.74) is 1.61. The number of carbonyl (C=O) groups is 1. The van der Waals surface area contributed by atoms with Crippen molar-refractivity contribution in [3.63, 3.8) is 0 Å². The van der Waals surface area contributed by atoms with Crippen molar-refractivity contribution in [2.24, 2.45) is 0 Å². The first kappa shape index (κ1) is 11.9. The third-order valence-electron chi connectivity index (χ3n) is 2.79. The minimum absolute atomic E-state index is 0.107. The number of fused-ring (bicyclic) bond motifs is 1. The molecule has 1 aromatic carbocycles. The van der Waals surface area contributed by atoms with Crippen molar-refractivity contribution in [2.45, 2.75) is 19.4 Å². The standard InChI is InChI=1S/C13H10BrNO2S/c1-7-6-18-13(15-7)12-5-10(16)9-4-8(14)2-3-11(9)17-12/h2-4,6,12H,5H2,1H3. The molecule has 3 nitrogen and oxygen atoms in total. The maximum absolute atomic E-state index is 12.1. The molecule has 2 aromatic rings. The Balaban J connectivity index is 1.96. The van der Waals surface area contributed by atoms with E-state index in [-0.39, 0.29) is 11.9 Å². The molecular formula is C13H10BrNO2S. The summed E-state index contributed by atoms with van der Waals surface area (Å²) in [7, 11) is 0. The number of ether oxygens (including phenoxy) is 1. The summed E-state index contributed by atoms with van der Waals surface area (Å²) >= 11 is 4.90. The van der Waals surface area contributed by atoms with Crippen molar-refractivity contribution >= 4 is 33.0 Å². The molecule has 5 heteroatoms. The Morgan fingerprint density at radius 2 is 2.33 bits per heavy atom. The fraction of sp³-hybridized carbons (Fsp3) is 0.231. The molecule has 0 saturated heterocycles. The molecule has 0 spiro atoms. The molecule has 0 amide bonds. The predicted molar refractivity (Wildman–Crippen MR) is 73.3 cm³/mol. The molecule has 2 heterocycles. The maximum Gasteiger partial charge on any atom is 0.170 e. The van der Waals surface area contributed by atoms with Crippen LogP contribution in [-0.4, -0.2) is 10.8 Å². The quantitative estimate of drug-likeness (QED) is 0.798. The molecule has 0 aliphatic carbocycles. The van der Waals surface area contributed by atoms with Crippen LogP contribution in [-0.2, 0) is 0 Å². The lowest BCUT2D eigenvalue weighted by molar-refractivity contribution is 0.0849. The summed E-state index contributed by atoms with van der Waals surface area (Å²) in [5.74, 6) is 0.753. The minimum Gasteiger partial charge on any atom is -0.482 e. The largest absolute Gasteiger partial charge is 0.482 e. The van der Waals surface area contributed by atoms with Crippen LogP contribution in [0.15, 0.2) is 28.1 Å². The zero-order chi connectivity index (χ0) is 12.7. The van der Waals surface area contributed by atoms with Gasteiger partial charge in [-0.1, -0.05) is 15.9 Å². The Kier molecular flexibility index (Phi) is 2.95. The van der Waals surface area contributed by atoms with Crippen molar-refractivity contribution in [3.8, 4) is 5.75 Å². The summed E-state index contributed by atoms with van der Waals surface area (Å²) in [6.07, 6.45) is 0.112. The van der Waals surface area contributed by atoms with Gasteiger partial charge in [-0.25, -0.2) is 4.98 Å². The van der Waals surface area contributed by atoms with E-state index in [2.05, 4.69) is 20.9 Å². The zero-order valence-electron chi connectivity index (χ0n) is 9.64. The molecule has 0 radical (unpaired) electrons. The predicted octanol–water partition coefficient (Wildman–Crippen LogP) is 3.92. The normalized spacial score (nSPS) is 18.3. The van der Waals surface area contributed by atoms with Crippen molar-refractivity contribution < 1.29 is 9.53 Å². The average Bonchev–Trinajstić information content (AvgIpc) is 2.77. The third kappa shape index (κ3) is 2.08. The Morgan fingerprint density at radius 3 is 3.06 bits per heavy atom. The molecule has 18 heavy (non-hydrogen) atoms. The van der Waals surface area contributed by atoms with Crippen LogP contribution in [0.3, 0.4) is 0 Å². The Labute approximate surface area is 117 Å². The van der Waals surface area contributed by atoms with Gasteiger partial charge in [-0.05, 0) is 25.1 Å². The third-order valence-corrected chi connectivity index (χ3v) is 4.34. The second kappa shape index (κ2) is 4.48. The molecule has 0 bridgehead atoms. The highest BCUT2D eigenvalue weighted by Crippen LogP contribution is 2.36. The summed E-state index contributed by atoms with van der Waals surface area (Å²) in [4.78, 5) is 16.5. The highest BCUT2D eigenvalue weighted by Gasteiger charge is 2.29. The van der Waals surface area contributed by atoms with Crippen LogP contribution in [0.2, 0.25) is 0 Å². The molecule has 0 N–H and O–H groups in total. The number of aryl methyl sites for hydroxylation is 1. The van der Waals surface area contributed by atoms with Gasteiger partial charge in [0.25, 0.3) is 0 Å². The number of nitrogens with zero attached hydrogens (tertiary/aromatic N) is 1. The van der Waals surface area contributed by atoms with Gasteiger partial charge in [0.2, 0.25) is 0 Å². The van der Waals surface area contributed by atoms with Crippen LogP contribution in [0, 0.1) is 6.92 Å². The van der Waals surface area contributed by atoms with Crippen molar-refractivity contribution in [1.29, 1.82) is 0 Å². The van der Waals surface area contributed by atoms with E-state index in [1.54, 1.807) is 6.07 Å². The van der Waals surface area contributed by atoms with Crippen LogP contribution in [0.5, 0.6) is 5.75 Å². The lowest BCUT2D eigenvalue weighted by Gasteiger charge is -2.23. The topological polar surface area (TPSA) is 39.2 Å². The average molecular weight is 324 g/mol. The lowest BCUT2D eigenvalue weighted by atomic mass is 10.0. The van der Waals surface area contributed by atoms with Gasteiger partial charge in [0.15, 0.2) is 11.9 Å². The van der Waals surface area contributed by atoms with Crippen LogP contribution >= 0.6 is 27.3 Å². The summed E-state index contributed by atoms with van der Waals surface area (Å²) < 4.78 is 6.75. The maximum atomic E-state index is 12.1. The van der Waals surface area contributed by atoms with Crippen LogP contribution < -0.4 is 4.74 Å². The number of benzene rings is 1. The van der Waals surface area contributed by atoms with Gasteiger partial charge in [-0.3, -0.25) is 4.79 Å². The van der Waals surface area contributed by atoms with E-state index in [4.69, 9.17) is 4.74 Å². The van der Waals surface area contributed by atoms with Gasteiger partial charge in [-0.15, -0.1) is 11.3 Å². The van der Waals surface area contributed by atoms with Crippen LogP contribution in [0.25, 0.3) is 0 Å². The number of Topliss-reactive ketones (excluding diaryl/α,β-unsaturated/α-hetero) is 1. The Bertz CT molecular complexity index is 623. The van der Waals surface area contributed by atoms with Crippen molar-refractivity contribution in [3.05, 3.63) is 44.3 Å². The first-order chi connectivity index (χ1) is 8.63. The molecular weight excluding hydrogens is 314 g/mol. The first-order valence-corrected chi connectivity index (χ1v) is 7.22. The second-order valence-electron chi connectivity index (χ2n) is 4.20. The van der Waals surface area contributed by atoms with E-state index in [1.807, 2.05) is 24.4 Å². The fourth-order valence-corrected chi connectivity index (χ4v) is 3.14. The monoisotopic (exact) mass is 323 g/mol. The number of halogens is 1. The molecule has 1 atom stereocenters. The van der Waals surface area contributed by atoms with E-state index < -0.39 is 0 Å². The number of hydrogen-bond donors (Lipinski definition) is 0. The van der Waals surface area contributed by atoms with Gasteiger partial charge in [0.05, 0.1) is 12.0 Å². The van der Waals surface area contributed by atoms with E-state index in [0.717, 1.165) is 15.2 Å². The Morgan fingerprint density at radius 1 is 1.50 bits per heavy atom. The number of rotatable bonds is 1. The van der Waals surface area contributed by atoms with Crippen LogP contribution in [0.1, 0.15) is 33.6 Å². The van der Waals surface area contributed by atoms with Crippen molar-refractivity contribution in [1.82, 2.24) is 4.98 Å². The van der Waals surface area contributed by atoms with Gasteiger partial charge in [0, 0.05) is 15.5 Å². The first-order valence-electron chi connectivity index (χ1n) is 5.55. The smallest absolute Gasteiger partial charge is 0.170 e. The SMILES string of the molecule is Cc1csc(C2CC(=O)c3cc(Br)ccc3O2)n1. The zero-order valence-corrected chi connectivity index (χ0v) is 12.0. The Hall–Kier alpha value is -1.20. The molecule has 0 saturated carbocycles. The summed E-state index contributed by atoms with van der Waals surface area (Å²) in [6.45, 7) is 1.94. The number of thiazole rings is 1. The summed E-state index contributed by atoms with van der Waals surface area (Å²) in [6, 6.07) is 5.51. The lowest BCUT2D eigenvalue weighted by Crippen LogP contribution is -2.20. The molecule has 92 valence electrons. The minimum atomic E-state index is -0.245. The van der Waals surface area contributed by atoms with E-state index in [0.29, 0.717) is 17.7 Å². The van der Waals surface area contributed by atoms with E-state index in [9.17, 15) is 4.79 Å². The fourth-order valence-electron chi connectivity index (χ4n) is 1.95. The van der Waals surface area contributed by atoms with Gasteiger partial charge < -0.3 is 4.74 Å². The van der Waals surface area contributed by atoms with E-state index >= 15 is 0 Å². The van der Waals surface area contributed by atoms with Gasteiger partial charge in [0.1, 0.15) is 10.8 Å². The van der Waals surface area contributed by atoms with Gasteiger partial charge in [-0.2, -0.15) is 0 Å². The number of hydrogen-bond acceptors (Lipinski definition) is 4. The molecule has 3 rings (SSSR count). The molecule has 1 unspecified atom stereocenters. The summed E-state index contributed by atoms with van der Waals surface area (Å²) in [5, 5.41) is 2.84. The van der Waals surface area contributed by atoms with Crippen LogP contribution in [0.4, 0.5) is 0 Å². The molecule has 1 aliphatic heterocycles. The number of ketones is 1. The number of aromatic nitrogens is 1. The highest BCUT2D eigenvalue weighted by molar-refractivity contribution is 9.10. The molecule has 1 aliphatic rings. The highest BCUT2D eigenvalue weighted by atomic mass is 79.9. The van der Waals surface area contributed by atoms with E-state index in [1.165, 1.54) is 11.3 Å². The number of carbonyl (C=O) groups excluding carboxylic acids is 1. The second-order valence-corrected chi connectivity index (χ2v) is 6.01. The molecule has 1 aromatic heterocycles. The van der Waals surface area contributed by atoms with Gasteiger partial charge >= 0.3 is 0 Å².